The summed E-state index contributed by atoms with van der Waals surface area (Å²) in [6.45, 7) is 0. The zero-order valence-corrected chi connectivity index (χ0v) is 10.7. The van der Waals surface area contributed by atoms with Crippen LogP contribution in [-0.2, 0) is 0 Å². The number of aromatic carboxylic acids is 1. The van der Waals surface area contributed by atoms with Gasteiger partial charge in [-0.25, -0.2) is 13.6 Å². The lowest BCUT2D eigenvalue weighted by atomic mass is 10.1. The molecule has 0 heterocycles. The van der Waals surface area contributed by atoms with E-state index in [9.17, 15) is 13.6 Å². The average Bonchev–Trinajstić information content (AvgIpc) is 2.36. The molecule has 0 spiro atoms. The largest absolute Gasteiger partial charge is 0.478 e. The quantitative estimate of drug-likeness (QED) is 0.756. The maximum Gasteiger partial charge on any atom is 0.338 e. The summed E-state index contributed by atoms with van der Waals surface area (Å²) in [4.78, 5) is 10.7. The first-order valence-electron chi connectivity index (χ1n) is 5.43. The molecule has 0 atom stereocenters. The lowest BCUT2D eigenvalue weighted by Gasteiger charge is -2.11. The Morgan fingerprint density at radius 2 is 1.85 bits per heavy atom. The highest BCUT2D eigenvalue weighted by molar-refractivity contribution is 6.30. The molecule has 2 aromatic rings. The fourth-order valence-electron chi connectivity index (χ4n) is 1.60. The Hall–Kier alpha value is -2.34. The summed E-state index contributed by atoms with van der Waals surface area (Å²) >= 11 is 5.61. The van der Waals surface area contributed by atoms with Crippen molar-refractivity contribution in [1.82, 2.24) is 0 Å². The topological polar surface area (TPSA) is 75.4 Å². The number of halogens is 3. The van der Waals surface area contributed by atoms with E-state index >= 15 is 0 Å². The normalized spacial score (nSPS) is 10.3. The molecule has 0 aliphatic heterocycles. The monoisotopic (exact) mass is 298 g/mol. The molecule has 4 N–H and O–H groups in total. The lowest BCUT2D eigenvalue weighted by Crippen LogP contribution is -2.05. The molecule has 4 nitrogen and oxygen atoms in total. The molecule has 20 heavy (non-hydrogen) atoms. The zero-order valence-electron chi connectivity index (χ0n) is 9.95. The van der Waals surface area contributed by atoms with E-state index in [-0.39, 0.29) is 22.1 Å². The molecular weight excluding hydrogens is 290 g/mol. The molecule has 0 aromatic heterocycles. The number of anilines is 3. The van der Waals surface area contributed by atoms with Crippen LogP contribution in [0.25, 0.3) is 0 Å². The van der Waals surface area contributed by atoms with Crippen LogP contribution in [0.5, 0.6) is 0 Å². The highest BCUT2D eigenvalue weighted by atomic mass is 35.5. The fourth-order valence-corrected chi connectivity index (χ4v) is 1.76. The van der Waals surface area contributed by atoms with Gasteiger partial charge in [0.05, 0.1) is 22.6 Å². The molecule has 0 fully saturated rings. The minimum atomic E-state index is -1.43. The number of rotatable bonds is 3. The summed E-state index contributed by atoms with van der Waals surface area (Å²) in [5.41, 5.74) is 5.16. The average molecular weight is 299 g/mol. The highest BCUT2D eigenvalue weighted by Crippen LogP contribution is 2.28. The summed E-state index contributed by atoms with van der Waals surface area (Å²) in [6, 6.07) is 5.76. The summed E-state index contributed by atoms with van der Waals surface area (Å²) < 4.78 is 27.2. The third kappa shape index (κ3) is 2.80. The molecule has 2 aromatic carbocycles. The van der Waals surface area contributed by atoms with Crippen LogP contribution in [0.2, 0.25) is 5.02 Å². The molecule has 0 saturated heterocycles. The van der Waals surface area contributed by atoms with E-state index in [1.54, 1.807) is 0 Å². The van der Waals surface area contributed by atoms with Crippen molar-refractivity contribution in [2.75, 3.05) is 11.1 Å². The minimum absolute atomic E-state index is 0.0156. The molecule has 2 rings (SSSR count). The second-order valence-corrected chi connectivity index (χ2v) is 4.41. The van der Waals surface area contributed by atoms with Crippen LogP contribution in [0.3, 0.4) is 0 Å². The van der Waals surface area contributed by atoms with Gasteiger partial charge in [0, 0.05) is 11.1 Å². The van der Waals surface area contributed by atoms with Gasteiger partial charge in [0.25, 0.3) is 0 Å². The van der Waals surface area contributed by atoms with E-state index in [0.29, 0.717) is 0 Å². The number of benzene rings is 2. The molecule has 104 valence electrons. The Morgan fingerprint density at radius 3 is 2.45 bits per heavy atom. The van der Waals surface area contributed by atoms with Gasteiger partial charge in [-0.2, -0.15) is 0 Å². The number of hydrogen-bond donors (Lipinski definition) is 3. The lowest BCUT2D eigenvalue weighted by molar-refractivity contribution is 0.0692. The molecular formula is C13H9ClF2N2O2. The number of carboxylic acids is 1. The van der Waals surface area contributed by atoms with Crippen molar-refractivity contribution >= 4 is 34.6 Å². The predicted molar refractivity (Wildman–Crippen MR) is 72.5 cm³/mol. The fraction of sp³-hybridized carbons (Fsp3) is 0. The third-order valence-electron chi connectivity index (χ3n) is 2.57. The maximum absolute atomic E-state index is 13.6. The Bertz CT molecular complexity index is 692. The number of nitrogens with two attached hydrogens (primary N) is 1. The first-order valence-corrected chi connectivity index (χ1v) is 5.80. The van der Waals surface area contributed by atoms with Gasteiger partial charge in [0.15, 0.2) is 0 Å². The first kappa shape index (κ1) is 14.1. The smallest absolute Gasteiger partial charge is 0.338 e. The second-order valence-electron chi connectivity index (χ2n) is 3.97. The van der Waals surface area contributed by atoms with Gasteiger partial charge in [0.1, 0.15) is 11.6 Å². The van der Waals surface area contributed by atoms with E-state index in [1.807, 2.05) is 0 Å². The Kier molecular flexibility index (Phi) is 3.76. The van der Waals surface area contributed by atoms with Crippen molar-refractivity contribution in [3.63, 3.8) is 0 Å². The molecule has 0 amide bonds. The van der Waals surface area contributed by atoms with E-state index in [2.05, 4.69) is 5.32 Å². The van der Waals surface area contributed by atoms with Crippen LogP contribution in [-0.4, -0.2) is 11.1 Å². The summed E-state index contributed by atoms with van der Waals surface area (Å²) in [6.07, 6.45) is 0. The van der Waals surface area contributed by atoms with Gasteiger partial charge >= 0.3 is 5.97 Å². The van der Waals surface area contributed by atoms with Crippen molar-refractivity contribution in [2.24, 2.45) is 0 Å². The van der Waals surface area contributed by atoms with Crippen LogP contribution < -0.4 is 11.1 Å². The molecule has 0 saturated carbocycles. The number of carbonyl (C=O) groups is 1. The van der Waals surface area contributed by atoms with Crippen molar-refractivity contribution in [2.45, 2.75) is 0 Å². The molecule has 0 unspecified atom stereocenters. The highest BCUT2D eigenvalue weighted by Gasteiger charge is 2.14. The summed E-state index contributed by atoms with van der Waals surface area (Å²) in [7, 11) is 0. The van der Waals surface area contributed by atoms with Crippen molar-refractivity contribution in [3.8, 4) is 0 Å². The Morgan fingerprint density at radius 1 is 1.15 bits per heavy atom. The van der Waals surface area contributed by atoms with Crippen LogP contribution in [0.4, 0.5) is 25.8 Å². The number of hydrogen-bond acceptors (Lipinski definition) is 3. The van der Waals surface area contributed by atoms with Gasteiger partial charge < -0.3 is 16.2 Å². The SMILES string of the molecule is Nc1cc(C(=O)O)c(F)cc1Nc1ccc(Cl)cc1F. The zero-order chi connectivity index (χ0) is 14.9. The van der Waals surface area contributed by atoms with E-state index in [4.69, 9.17) is 22.4 Å². The summed E-state index contributed by atoms with van der Waals surface area (Å²) in [5, 5.41) is 11.6. The van der Waals surface area contributed by atoms with Crippen molar-refractivity contribution in [3.05, 3.63) is 52.6 Å². The van der Waals surface area contributed by atoms with E-state index in [0.717, 1.165) is 18.2 Å². The van der Waals surface area contributed by atoms with Gasteiger partial charge in [-0.15, -0.1) is 0 Å². The van der Waals surface area contributed by atoms with Gasteiger partial charge in [-0.3, -0.25) is 0 Å². The van der Waals surface area contributed by atoms with Crippen LogP contribution in [0.1, 0.15) is 10.4 Å². The number of nitrogens with one attached hydrogen (secondary N) is 1. The molecule has 0 aliphatic carbocycles. The minimum Gasteiger partial charge on any atom is -0.478 e. The van der Waals surface area contributed by atoms with Crippen LogP contribution in [0.15, 0.2) is 30.3 Å². The van der Waals surface area contributed by atoms with Crippen molar-refractivity contribution < 1.29 is 18.7 Å². The predicted octanol–water partition coefficient (Wildman–Crippen LogP) is 3.64. The van der Waals surface area contributed by atoms with Crippen LogP contribution >= 0.6 is 11.6 Å². The summed E-state index contributed by atoms with van der Waals surface area (Å²) in [5.74, 6) is -3.04. The third-order valence-corrected chi connectivity index (χ3v) is 2.81. The molecule has 0 radical (unpaired) electrons. The van der Waals surface area contributed by atoms with Crippen LogP contribution in [0, 0.1) is 11.6 Å². The molecule has 7 heteroatoms. The van der Waals surface area contributed by atoms with E-state index < -0.39 is 23.2 Å². The van der Waals surface area contributed by atoms with E-state index in [1.165, 1.54) is 12.1 Å². The van der Waals surface area contributed by atoms with Crippen molar-refractivity contribution in [1.29, 1.82) is 0 Å². The molecule has 0 bridgehead atoms. The van der Waals surface area contributed by atoms with Gasteiger partial charge in [-0.05, 0) is 24.3 Å². The van der Waals surface area contributed by atoms with Gasteiger partial charge in [-0.1, -0.05) is 11.6 Å². The standard InChI is InChI=1S/C13H9ClF2N2O2/c14-6-1-2-11(9(16)3-6)18-12-5-8(15)7(13(19)20)4-10(12)17/h1-5,18H,17H2,(H,19,20). The Labute approximate surface area is 117 Å². The molecule has 0 aliphatic rings. The Balaban J connectivity index is 2.39. The number of nitrogen functional groups attached to an aromatic ring is 1. The number of carboxylic acid groups (broad SMARTS) is 1. The van der Waals surface area contributed by atoms with Gasteiger partial charge in [0.2, 0.25) is 0 Å². The second kappa shape index (κ2) is 5.34. The maximum atomic E-state index is 13.6. The first-order chi connectivity index (χ1) is 9.38.